The summed E-state index contributed by atoms with van der Waals surface area (Å²) in [5.74, 6) is 0. The molecule has 0 heterocycles. The van der Waals surface area contributed by atoms with Gasteiger partial charge in [-0.05, 0) is 86.9 Å². The van der Waals surface area contributed by atoms with E-state index in [1.165, 1.54) is 56.5 Å². The van der Waals surface area contributed by atoms with Gasteiger partial charge >= 0.3 is 0 Å². The summed E-state index contributed by atoms with van der Waals surface area (Å²) in [4.78, 5) is 0. The molecule has 3 rings (SSSR count). The molecule has 3 aromatic rings. The van der Waals surface area contributed by atoms with Crippen molar-refractivity contribution in [2.75, 3.05) is 0 Å². The molecule has 0 atom stereocenters. The molecule has 0 heteroatoms. The third kappa shape index (κ3) is 7.58. The highest BCUT2D eigenvalue weighted by Crippen LogP contribution is 2.30. The number of hydrogen-bond acceptors (Lipinski definition) is 0. The molecular weight excluding hydrogens is 432 g/mol. The fraction of sp³-hybridized carbons (Fsp3) is 0.500. The molecule has 0 saturated heterocycles. The Balaban J connectivity index is 2.04. The summed E-state index contributed by atoms with van der Waals surface area (Å²) in [5, 5.41) is 0. The van der Waals surface area contributed by atoms with Crippen molar-refractivity contribution >= 4 is 0 Å². The first kappa shape index (κ1) is 28.2. The van der Waals surface area contributed by atoms with Gasteiger partial charge in [0.05, 0.1) is 0 Å². The van der Waals surface area contributed by atoms with E-state index in [0.29, 0.717) is 0 Å². The maximum absolute atomic E-state index is 2.46. The molecule has 0 fully saturated rings. The SMILES string of the molecule is CCCc1cc(Cc2cc(Cc3cc(C)cc(C(C)(C)C)c3)cc(C(C)(C)C)c2)cc(C(C)(C)C)c1. The fourth-order valence-corrected chi connectivity index (χ4v) is 5.00. The predicted octanol–water partition coefficient (Wildman–Crippen LogP) is 10.0. The van der Waals surface area contributed by atoms with Gasteiger partial charge < -0.3 is 0 Å². The van der Waals surface area contributed by atoms with Crippen LogP contribution in [0.2, 0.25) is 0 Å². The largest absolute Gasteiger partial charge is 0.0651 e. The zero-order valence-corrected chi connectivity index (χ0v) is 25.0. The Morgan fingerprint density at radius 2 is 0.778 bits per heavy atom. The first-order valence-electron chi connectivity index (χ1n) is 13.9. The predicted molar refractivity (Wildman–Crippen MR) is 160 cm³/mol. The molecule has 0 aliphatic rings. The van der Waals surface area contributed by atoms with Crippen LogP contribution in [-0.2, 0) is 35.5 Å². The maximum Gasteiger partial charge on any atom is -0.00254 e. The van der Waals surface area contributed by atoms with Crippen LogP contribution in [0.15, 0.2) is 54.6 Å². The molecule has 0 aliphatic heterocycles. The van der Waals surface area contributed by atoms with Crippen LogP contribution in [-0.4, -0.2) is 0 Å². The molecule has 0 amide bonds. The number of benzene rings is 3. The summed E-state index contributed by atoms with van der Waals surface area (Å²) in [6.07, 6.45) is 4.29. The highest BCUT2D eigenvalue weighted by molar-refractivity contribution is 5.43. The molecule has 36 heavy (non-hydrogen) atoms. The van der Waals surface area contributed by atoms with Gasteiger partial charge in [0.25, 0.3) is 0 Å². The fourth-order valence-electron chi connectivity index (χ4n) is 5.00. The summed E-state index contributed by atoms with van der Waals surface area (Å²) in [5.41, 5.74) is 13.3. The molecular formula is C36H50. The molecule has 0 aromatic heterocycles. The first-order chi connectivity index (χ1) is 16.5. The third-order valence-electron chi connectivity index (χ3n) is 7.20. The minimum Gasteiger partial charge on any atom is -0.0651 e. The lowest BCUT2D eigenvalue weighted by Crippen LogP contribution is -2.14. The van der Waals surface area contributed by atoms with E-state index in [9.17, 15) is 0 Å². The van der Waals surface area contributed by atoms with Gasteiger partial charge in [0.15, 0.2) is 0 Å². The highest BCUT2D eigenvalue weighted by atomic mass is 14.2. The molecule has 0 spiro atoms. The van der Waals surface area contributed by atoms with Gasteiger partial charge in [0.1, 0.15) is 0 Å². The molecule has 0 nitrogen and oxygen atoms in total. The Morgan fingerprint density at radius 3 is 1.17 bits per heavy atom. The van der Waals surface area contributed by atoms with E-state index >= 15 is 0 Å². The standard InChI is InChI=1S/C36H50/c1-12-13-26-16-28(22-32(20-26)35(6,7)8)18-30-19-29(23-33(24-30)36(9,10)11)17-27-14-25(2)15-31(21-27)34(3,4)5/h14-16,19-24H,12-13,17-18H2,1-11H3. The minimum atomic E-state index is 0.120. The van der Waals surface area contributed by atoms with Crippen molar-refractivity contribution in [1.29, 1.82) is 0 Å². The van der Waals surface area contributed by atoms with Crippen molar-refractivity contribution < 1.29 is 0 Å². The van der Waals surface area contributed by atoms with E-state index in [1.807, 2.05) is 0 Å². The average molecular weight is 483 g/mol. The Kier molecular flexibility index (Phi) is 8.29. The van der Waals surface area contributed by atoms with Crippen molar-refractivity contribution in [3.63, 3.8) is 0 Å². The van der Waals surface area contributed by atoms with Crippen molar-refractivity contribution in [1.82, 2.24) is 0 Å². The van der Waals surface area contributed by atoms with E-state index in [0.717, 1.165) is 19.3 Å². The average Bonchev–Trinajstić information content (AvgIpc) is 2.71. The van der Waals surface area contributed by atoms with Crippen LogP contribution < -0.4 is 0 Å². The topological polar surface area (TPSA) is 0 Å². The van der Waals surface area contributed by atoms with Crippen LogP contribution in [0.3, 0.4) is 0 Å². The monoisotopic (exact) mass is 482 g/mol. The molecule has 0 radical (unpaired) electrons. The second-order valence-electron chi connectivity index (χ2n) is 14.1. The maximum atomic E-state index is 2.46. The zero-order valence-electron chi connectivity index (χ0n) is 25.0. The second kappa shape index (κ2) is 10.6. The van der Waals surface area contributed by atoms with Crippen molar-refractivity contribution in [2.45, 2.75) is 118 Å². The summed E-state index contributed by atoms with van der Waals surface area (Å²) in [7, 11) is 0. The van der Waals surface area contributed by atoms with Crippen molar-refractivity contribution in [2.24, 2.45) is 0 Å². The number of hydrogen-bond donors (Lipinski definition) is 0. The third-order valence-corrected chi connectivity index (χ3v) is 7.20. The van der Waals surface area contributed by atoms with Gasteiger partial charge in [-0.2, -0.15) is 0 Å². The summed E-state index contributed by atoms with van der Waals surface area (Å²) < 4.78 is 0. The van der Waals surface area contributed by atoms with Crippen LogP contribution in [0.5, 0.6) is 0 Å². The lowest BCUT2D eigenvalue weighted by molar-refractivity contribution is 0.587. The Labute approximate surface area is 222 Å². The van der Waals surface area contributed by atoms with Gasteiger partial charge in [0.2, 0.25) is 0 Å². The first-order valence-corrected chi connectivity index (χ1v) is 13.9. The van der Waals surface area contributed by atoms with Gasteiger partial charge in [-0.25, -0.2) is 0 Å². The van der Waals surface area contributed by atoms with Gasteiger partial charge in [-0.3, -0.25) is 0 Å². The van der Waals surface area contributed by atoms with E-state index in [1.54, 1.807) is 0 Å². The lowest BCUT2D eigenvalue weighted by atomic mass is 9.81. The molecule has 3 aromatic carbocycles. The normalized spacial score (nSPS) is 12.8. The van der Waals surface area contributed by atoms with Crippen molar-refractivity contribution in [3.8, 4) is 0 Å². The summed E-state index contributed by atoms with van der Waals surface area (Å²) in [6.45, 7) is 25.4. The van der Waals surface area contributed by atoms with Crippen LogP contribution in [0.25, 0.3) is 0 Å². The Morgan fingerprint density at radius 1 is 0.444 bits per heavy atom. The smallest absolute Gasteiger partial charge is 0.00254 e. The van der Waals surface area contributed by atoms with Crippen LogP contribution in [0.4, 0.5) is 0 Å². The van der Waals surface area contributed by atoms with Crippen LogP contribution >= 0.6 is 0 Å². The van der Waals surface area contributed by atoms with E-state index in [2.05, 4.69) is 131 Å². The Hall–Kier alpha value is -2.34. The second-order valence-corrected chi connectivity index (χ2v) is 14.1. The van der Waals surface area contributed by atoms with Gasteiger partial charge in [-0.15, -0.1) is 0 Å². The molecule has 0 unspecified atom stereocenters. The van der Waals surface area contributed by atoms with E-state index in [-0.39, 0.29) is 16.2 Å². The van der Waals surface area contributed by atoms with E-state index < -0.39 is 0 Å². The highest BCUT2D eigenvalue weighted by Gasteiger charge is 2.19. The molecule has 0 bridgehead atoms. The number of aryl methyl sites for hydroxylation is 2. The van der Waals surface area contributed by atoms with Crippen LogP contribution in [0.1, 0.15) is 126 Å². The molecule has 0 aliphatic carbocycles. The zero-order chi connectivity index (χ0) is 26.9. The quantitative estimate of drug-likeness (QED) is 0.328. The summed E-state index contributed by atoms with van der Waals surface area (Å²) >= 11 is 0. The molecule has 194 valence electrons. The lowest BCUT2D eigenvalue weighted by Gasteiger charge is -2.24. The van der Waals surface area contributed by atoms with Crippen LogP contribution in [0, 0.1) is 6.92 Å². The van der Waals surface area contributed by atoms with E-state index in [4.69, 9.17) is 0 Å². The summed E-state index contributed by atoms with van der Waals surface area (Å²) in [6, 6.07) is 21.8. The number of rotatable bonds is 6. The minimum absolute atomic E-state index is 0.120. The van der Waals surface area contributed by atoms with Gasteiger partial charge in [0, 0.05) is 0 Å². The van der Waals surface area contributed by atoms with Crippen molar-refractivity contribution in [3.05, 3.63) is 105 Å². The Bertz CT molecular complexity index is 1190. The molecule has 0 N–H and O–H groups in total. The van der Waals surface area contributed by atoms with Gasteiger partial charge in [-0.1, -0.05) is 136 Å². The molecule has 0 saturated carbocycles.